The molecule has 4 nitrogen and oxygen atoms in total. The molecule has 33 heavy (non-hydrogen) atoms. The van der Waals surface area contributed by atoms with Gasteiger partial charge in [-0.3, -0.25) is 9.69 Å². The number of halogens is 3. The van der Waals surface area contributed by atoms with E-state index in [-0.39, 0.29) is 36.4 Å². The van der Waals surface area contributed by atoms with Crippen LogP contribution in [0.1, 0.15) is 24.1 Å². The van der Waals surface area contributed by atoms with Crippen molar-refractivity contribution in [2.45, 2.75) is 25.6 Å². The standard InChI is InChI=1S/C26H26F3N3O/c1-18(19-6-3-2-4-7-19)30-26(33)25-17-31(16-22-23(28)8-5-9-24(22)29)14-15-32(25)21-12-10-20(27)11-13-21/h2-13,18,25H,14-17H2,1H3,(H,30,33)/t18-,25?/m1/s1. The number of piperazine rings is 1. The molecular weight excluding hydrogens is 427 g/mol. The molecular formula is C26H26F3N3O. The third-order valence-electron chi connectivity index (χ3n) is 6.03. The van der Waals surface area contributed by atoms with E-state index < -0.39 is 17.7 Å². The van der Waals surface area contributed by atoms with Crippen molar-refractivity contribution in [1.29, 1.82) is 0 Å². The van der Waals surface area contributed by atoms with Crippen LogP contribution >= 0.6 is 0 Å². The van der Waals surface area contributed by atoms with Crippen molar-refractivity contribution in [3.63, 3.8) is 0 Å². The zero-order valence-electron chi connectivity index (χ0n) is 18.3. The van der Waals surface area contributed by atoms with Crippen LogP contribution in [0.15, 0.2) is 72.8 Å². The Morgan fingerprint density at radius 1 is 0.939 bits per heavy atom. The number of carbonyl (C=O) groups excluding carboxylic acids is 1. The number of amides is 1. The molecule has 0 radical (unpaired) electrons. The molecule has 4 rings (SSSR count). The highest BCUT2D eigenvalue weighted by Gasteiger charge is 2.34. The highest BCUT2D eigenvalue weighted by atomic mass is 19.1. The molecule has 0 aliphatic carbocycles. The average Bonchev–Trinajstić information content (AvgIpc) is 2.82. The van der Waals surface area contributed by atoms with Gasteiger partial charge in [0.15, 0.2) is 0 Å². The van der Waals surface area contributed by atoms with Gasteiger partial charge in [0, 0.05) is 37.4 Å². The molecule has 1 heterocycles. The maximum Gasteiger partial charge on any atom is 0.244 e. The summed E-state index contributed by atoms with van der Waals surface area (Å²) >= 11 is 0. The van der Waals surface area contributed by atoms with Crippen LogP contribution in [0.4, 0.5) is 18.9 Å². The summed E-state index contributed by atoms with van der Waals surface area (Å²) in [6.07, 6.45) is 0. The largest absolute Gasteiger partial charge is 0.357 e. The first-order valence-electron chi connectivity index (χ1n) is 10.9. The number of hydrogen-bond donors (Lipinski definition) is 1. The lowest BCUT2D eigenvalue weighted by Gasteiger charge is -2.42. The van der Waals surface area contributed by atoms with Gasteiger partial charge in [0.25, 0.3) is 0 Å². The topological polar surface area (TPSA) is 35.6 Å². The van der Waals surface area contributed by atoms with Crippen molar-refractivity contribution in [2.75, 3.05) is 24.5 Å². The van der Waals surface area contributed by atoms with Crippen molar-refractivity contribution >= 4 is 11.6 Å². The second kappa shape index (κ2) is 10.1. The van der Waals surface area contributed by atoms with Gasteiger partial charge < -0.3 is 10.2 Å². The summed E-state index contributed by atoms with van der Waals surface area (Å²) < 4.78 is 41.9. The summed E-state index contributed by atoms with van der Waals surface area (Å²) in [4.78, 5) is 17.2. The minimum absolute atomic E-state index is 0.00968. The summed E-state index contributed by atoms with van der Waals surface area (Å²) in [6.45, 7) is 3.21. The number of anilines is 1. The molecule has 1 aliphatic heterocycles. The SMILES string of the molecule is C[C@@H](NC(=O)C1CN(Cc2c(F)cccc2F)CCN1c1ccc(F)cc1)c1ccccc1. The lowest BCUT2D eigenvalue weighted by atomic mass is 10.1. The van der Waals surface area contributed by atoms with Gasteiger partial charge in [-0.1, -0.05) is 36.4 Å². The second-order valence-electron chi connectivity index (χ2n) is 8.26. The monoisotopic (exact) mass is 453 g/mol. The number of rotatable bonds is 6. The van der Waals surface area contributed by atoms with E-state index in [0.717, 1.165) is 11.3 Å². The maximum absolute atomic E-state index is 14.2. The molecule has 1 saturated heterocycles. The third-order valence-corrected chi connectivity index (χ3v) is 6.03. The summed E-state index contributed by atoms with van der Waals surface area (Å²) in [7, 11) is 0. The highest BCUT2D eigenvalue weighted by molar-refractivity contribution is 5.86. The van der Waals surface area contributed by atoms with Gasteiger partial charge in [-0.15, -0.1) is 0 Å². The fraction of sp³-hybridized carbons (Fsp3) is 0.269. The van der Waals surface area contributed by atoms with Gasteiger partial charge in [0.1, 0.15) is 23.5 Å². The Labute approximate surface area is 191 Å². The van der Waals surface area contributed by atoms with E-state index in [2.05, 4.69) is 5.32 Å². The number of benzene rings is 3. The van der Waals surface area contributed by atoms with Crippen molar-refractivity contribution in [3.8, 4) is 0 Å². The summed E-state index contributed by atoms with van der Waals surface area (Å²) in [5.41, 5.74) is 1.69. The smallest absolute Gasteiger partial charge is 0.244 e. The van der Waals surface area contributed by atoms with Crippen LogP contribution in [-0.2, 0) is 11.3 Å². The van der Waals surface area contributed by atoms with E-state index in [4.69, 9.17) is 0 Å². The quantitative estimate of drug-likeness (QED) is 0.589. The van der Waals surface area contributed by atoms with E-state index >= 15 is 0 Å². The highest BCUT2D eigenvalue weighted by Crippen LogP contribution is 2.24. The molecule has 0 spiro atoms. The van der Waals surface area contributed by atoms with E-state index in [1.54, 1.807) is 12.1 Å². The molecule has 0 aromatic heterocycles. The first kappa shape index (κ1) is 22.9. The first-order chi connectivity index (χ1) is 15.9. The van der Waals surface area contributed by atoms with E-state index in [9.17, 15) is 18.0 Å². The Morgan fingerprint density at radius 2 is 1.61 bits per heavy atom. The fourth-order valence-corrected chi connectivity index (χ4v) is 4.19. The lowest BCUT2D eigenvalue weighted by Crippen LogP contribution is -2.59. The molecule has 3 aromatic carbocycles. The molecule has 7 heteroatoms. The number of hydrogen-bond acceptors (Lipinski definition) is 3. The summed E-state index contributed by atoms with van der Waals surface area (Å²) in [5.74, 6) is -1.76. The van der Waals surface area contributed by atoms with Crippen molar-refractivity contribution in [1.82, 2.24) is 10.2 Å². The Hall–Kier alpha value is -3.32. The predicted molar refractivity (Wildman–Crippen MR) is 122 cm³/mol. The molecule has 1 aliphatic rings. The predicted octanol–water partition coefficient (Wildman–Crippen LogP) is 4.67. The maximum atomic E-state index is 14.2. The van der Waals surface area contributed by atoms with Crippen molar-refractivity contribution in [2.24, 2.45) is 0 Å². The van der Waals surface area contributed by atoms with Crippen LogP contribution in [0.5, 0.6) is 0 Å². The normalized spacial score (nSPS) is 17.6. The van der Waals surface area contributed by atoms with Crippen LogP contribution in [0.25, 0.3) is 0 Å². The van der Waals surface area contributed by atoms with Crippen molar-refractivity contribution in [3.05, 3.63) is 101 Å². The van der Waals surface area contributed by atoms with Crippen LogP contribution in [-0.4, -0.2) is 36.5 Å². The number of nitrogens with zero attached hydrogens (tertiary/aromatic N) is 2. The minimum atomic E-state index is -0.606. The zero-order chi connectivity index (χ0) is 23.4. The molecule has 2 atom stereocenters. The molecule has 3 aromatic rings. The first-order valence-corrected chi connectivity index (χ1v) is 10.9. The van der Waals surface area contributed by atoms with Crippen LogP contribution < -0.4 is 10.2 Å². The summed E-state index contributed by atoms with van der Waals surface area (Å²) in [5, 5.41) is 3.05. The molecule has 0 bridgehead atoms. The van der Waals surface area contributed by atoms with Gasteiger partial charge in [0.05, 0.1) is 6.04 Å². The van der Waals surface area contributed by atoms with Gasteiger partial charge >= 0.3 is 0 Å². The Bertz CT molecular complexity index is 1070. The number of carbonyl (C=O) groups is 1. The van der Waals surface area contributed by atoms with Gasteiger partial charge in [0.2, 0.25) is 5.91 Å². The lowest BCUT2D eigenvalue weighted by molar-refractivity contribution is -0.124. The molecule has 0 saturated carbocycles. The van der Waals surface area contributed by atoms with Crippen LogP contribution in [0.3, 0.4) is 0 Å². The van der Waals surface area contributed by atoms with Gasteiger partial charge in [-0.2, -0.15) is 0 Å². The van der Waals surface area contributed by atoms with Crippen LogP contribution in [0, 0.1) is 17.5 Å². The fourth-order valence-electron chi connectivity index (χ4n) is 4.19. The Kier molecular flexibility index (Phi) is 6.99. The third kappa shape index (κ3) is 5.37. The molecule has 1 unspecified atom stereocenters. The summed E-state index contributed by atoms with van der Waals surface area (Å²) in [6, 6.07) is 18.6. The van der Waals surface area contributed by atoms with Gasteiger partial charge in [-0.05, 0) is 48.9 Å². The van der Waals surface area contributed by atoms with E-state index in [1.807, 2.05) is 47.1 Å². The molecule has 172 valence electrons. The van der Waals surface area contributed by atoms with E-state index in [0.29, 0.717) is 13.1 Å². The van der Waals surface area contributed by atoms with Crippen molar-refractivity contribution < 1.29 is 18.0 Å². The zero-order valence-corrected chi connectivity index (χ0v) is 18.3. The number of nitrogens with one attached hydrogen (secondary N) is 1. The van der Waals surface area contributed by atoms with Crippen LogP contribution in [0.2, 0.25) is 0 Å². The average molecular weight is 454 g/mol. The second-order valence-corrected chi connectivity index (χ2v) is 8.26. The molecule has 1 N–H and O–H groups in total. The molecule has 1 amide bonds. The Balaban J connectivity index is 1.55. The minimum Gasteiger partial charge on any atom is -0.357 e. The molecule has 1 fully saturated rings. The Morgan fingerprint density at radius 3 is 2.27 bits per heavy atom. The van der Waals surface area contributed by atoms with E-state index in [1.165, 1.54) is 30.3 Å². The van der Waals surface area contributed by atoms with Gasteiger partial charge in [-0.25, -0.2) is 13.2 Å².